The van der Waals surface area contributed by atoms with Crippen molar-refractivity contribution in [3.63, 3.8) is 0 Å². The first-order chi connectivity index (χ1) is 6.49. The van der Waals surface area contributed by atoms with E-state index in [4.69, 9.17) is 5.11 Å². The third-order valence-electron chi connectivity index (χ3n) is 1.38. The summed E-state index contributed by atoms with van der Waals surface area (Å²) in [4.78, 5) is 35.5. The maximum atomic E-state index is 11.1. The lowest BCUT2D eigenvalue weighted by atomic mass is 10.3. The predicted molar refractivity (Wildman–Crippen MR) is 49.9 cm³/mol. The van der Waals surface area contributed by atoms with E-state index in [1.54, 1.807) is 0 Å². The molecule has 1 aliphatic rings. The van der Waals surface area contributed by atoms with Crippen LogP contribution in [0.1, 0.15) is 13.3 Å². The summed E-state index contributed by atoms with van der Waals surface area (Å²) in [6.07, 6.45) is -0.282. The number of thioether (sulfide) groups is 1. The van der Waals surface area contributed by atoms with Crippen LogP contribution in [0.2, 0.25) is 0 Å². The maximum absolute atomic E-state index is 11.1. The number of carbonyl (C=O) groups is 3. The number of aliphatic carboxylic acids is 1. The molecular formula is C7H8N2O4S. The van der Waals surface area contributed by atoms with Gasteiger partial charge < -0.3 is 10.4 Å². The van der Waals surface area contributed by atoms with Crippen LogP contribution in [-0.2, 0) is 14.4 Å². The molecule has 1 rings (SSSR count). The minimum Gasteiger partial charge on any atom is -0.481 e. The highest BCUT2D eigenvalue weighted by atomic mass is 32.2. The lowest BCUT2D eigenvalue weighted by molar-refractivity contribution is -0.138. The van der Waals surface area contributed by atoms with Crippen molar-refractivity contribution in [2.24, 2.45) is 4.99 Å². The highest BCUT2D eigenvalue weighted by Gasteiger charge is 2.30. The van der Waals surface area contributed by atoms with Gasteiger partial charge in [-0.2, -0.15) is 4.99 Å². The number of amidine groups is 1. The van der Waals surface area contributed by atoms with Crippen LogP contribution >= 0.6 is 11.8 Å². The van der Waals surface area contributed by atoms with E-state index in [1.807, 2.05) is 0 Å². The maximum Gasteiger partial charge on any atom is 0.305 e. The summed E-state index contributed by atoms with van der Waals surface area (Å²) >= 11 is 0.963. The fourth-order valence-electron chi connectivity index (χ4n) is 0.879. The average molecular weight is 216 g/mol. The Balaban J connectivity index is 2.55. The van der Waals surface area contributed by atoms with Gasteiger partial charge in [0.2, 0.25) is 5.91 Å². The van der Waals surface area contributed by atoms with E-state index in [2.05, 4.69) is 10.3 Å². The number of amides is 2. The second-order valence-corrected chi connectivity index (χ2v) is 3.83. The lowest BCUT2D eigenvalue weighted by Crippen LogP contribution is -2.24. The van der Waals surface area contributed by atoms with Gasteiger partial charge in [0.1, 0.15) is 5.25 Å². The summed E-state index contributed by atoms with van der Waals surface area (Å²) in [5.74, 6) is -1.91. The predicted octanol–water partition coefficient (Wildman–Crippen LogP) is -0.405. The molecule has 1 aliphatic heterocycles. The zero-order valence-electron chi connectivity index (χ0n) is 7.31. The molecule has 2 N–H and O–H groups in total. The van der Waals surface area contributed by atoms with Gasteiger partial charge in [0, 0.05) is 6.92 Å². The second-order valence-electron chi connectivity index (χ2n) is 2.64. The normalized spacial score (nSPS) is 20.5. The van der Waals surface area contributed by atoms with Gasteiger partial charge in [-0.1, -0.05) is 11.8 Å². The molecular weight excluding hydrogens is 208 g/mol. The zero-order chi connectivity index (χ0) is 10.7. The summed E-state index contributed by atoms with van der Waals surface area (Å²) in [7, 11) is 0. The number of aliphatic imine (C=N–C) groups is 1. The Hall–Kier alpha value is -1.37. The Bertz CT molecular complexity index is 326. The van der Waals surface area contributed by atoms with E-state index in [1.165, 1.54) is 6.92 Å². The SMILES string of the molecule is CC(=O)NC1=NC(=O)C(CC(=O)O)S1. The van der Waals surface area contributed by atoms with E-state index in [0.29, 0.717) is 0 Å². The number of carboxylic acid groups (broad SMARTS) is 1. The molecule has 6 nitrogen and oxygen atoms in total. The largest absolute Gasteiger partial charge is 0.481 e. The van der Waals surface area contributed by atoms with Gasteiger partial charge in [0.25, 0.3) is 5.91 Å². The highest BCUT2D eigenvalue weighted by molar-refractivity contribution is 8.15. The standard InChI is InChI=1S/C7H8N2O4S/c1-3(10)8-7-9-6(13)4(14-7)2-5(11)12/h4H,2H2,1H3,(H,11,12)(H,8,9,10,13). The van der Waals surface area contributed by atoms with Gasteiger partial charge in [0.05, 0.1) is 6.42 Å². The van der Waals surface area contributed by atoms with E-state index in [0.717, 1.165) is 11.8 Å². The molecule has 0 aromatic rings. The number of rotatable bonds is 2. The molecule has 7 heteroatoms. The van der Waals surface area contributed by atoms with Crippen molar-refractivity contribution >= 4 is 34.7 Å². The van der Waals surface area contributed by atoms with Crippen molar-refractivity contribution < 1.29 is 19.5 Å². The number of nitrogens with zero attached hydrogens (tertiary/aromatic N) is 1. The Morgan fingerprint density at radius 2 is 2.29 bits per heavy atom. The third-order valence-corrected chi connectivity index (χ3v) is 2.45. The summed E-state index contributed by atoms with van der Waals surface area (Å²) in [5, 5.41) is 10.3. The van der Waals surface area contributed by atoms with Crippen LogP contribution in [0.5, 0.6) is 0 Å². The molecule has 2 amide bonds. The molecule has 0 fully saturated rings. The van der Waals surface area contributed by atoms with Gasteiger partial charge in [-0.25, -0.2) is 0 Å². The molecule has 0 radical (unpaired) electrons. The van der Waals surface area contributed by atoms with Crippen LogP contribution in [0, 0.1) is 0 Å². The Kier molecular flexibility index (Phi) is 3.23. The fraction of sp³-hybridized carbons (Fsp3) is 0.429. The summed E-state index contributed by atoms with van der Waals surface area (Å²) in [6.45, 7) is 1.29. The van der Waals surface area contributed by atoms with Crippen molar-refractivity contribution in [1.29, 1.82) is 0 Å². The molecule has 0 saturated carbocycles. The van der Waals surface area contributed by atoms with Gasteiger partial charge in [-0.3, -0.25) is 14.4 Å². The third kappa shape index (κ3) is 2.84. The first-order valence-corrected chi connectivity index (χ1v) is 4.65. The molecule has 0 aromatic heterocycles. The minimum absolute atomic E-state index is 0.175. The fourth-order valence-corrected chi connectivity index (χ4v) is 1.87. The summed E-state index contributed by atoms with van der Waals surface area (Å²) in [5.41, 5.74) is 0. The molecule has 0 bridgehead atoms. The average Bonchev–Trinajstić information content (AvgIpc) is 2.28. The highest BCUT2D eigenvalue weighted by Crippen LogP contribution is 2.23. The molecule has 14 heavy (non-hydrogen) atoms. The monoisotopic (exact) mass is 216 g/mol. The van der Waals surface area contributed by atoms with Gasteiger partial charge in [-0.05, 0) is 0 Å². The first-order valence-electron chi connectivity index (χ1n) is 3.77. The molecule has 0 spiro atoms. The minimum atomic E-state index is -1.06. The van der Waals surface area contributed by atoms with E-state index in [-0.39, 0.29) is 17.5 Å². The second kappa shape index (κ2) is 4.23. The van der Waals surface area contributed by atoms with Gasteiger partial charge >= 0.3 is 5.97 Å². The molecule has 1 heterocycles. The Morgan fingerprint density at radius 3 is 2.79 bits per heavy atom. The van der Waals surface area contributed by atoms with Crippen molar-refractivity contribution in [3.05, 3.63) is 0 Å². The van der Waals surface area contributed by atoms with E-state index < -0.39 is 17.1 Å². The van der Waals surface area contributed by atoms with Crippen LogP contribution in [0.15, 0.2) is 4.99 Å². The Morgan fingerprint density at radius 1 is 1.64 bits per heavy atom. The Labute approximate surface area is 83.8 Å². The quantitative estimate of drug-likeness (QED) is 0.654. The smallest absolute Gasteiger partial charge is 0.305 e. The zero-order valence-corrected chi connectivity index (χ0v) is 8.13. The molecule has 0 aliphatic carbocycles. The van der Waals surface area contributed by atoms with Crippen LogP contribution in [0.4, 0.5) is 0 Å². The van der Waals surface area contributed by atoms with Crippen molar-refractivity contribution in [1.82, 2.24) is 5.32 Å². The molecule has 0 aromatic carbocycles. The van der Waals surface area contributed by atoms with Crippen molar-refractivity contribution in [2.75, 3.05) is 0 Å². The van der Waals surface area contributed by atoms with E-state index >= 15 is 0 Å². The summed E-state index contributed by atoms with van der Waals surface area (Å²) in [6, 6.07) is 0. The van der Waals surface area contributed by atoms with E-state index in [9.17, 15) is 14.4 Å². The van der Waals surface area contributed by atoms with Crippen LogP contribution in [-0.4, -0.2) is 33.3 Å². The van der Waals surface area contributed by atoms with Crippen molar-refractivity contribution in [3.8, 4) is 0 Å². The number of hydrogen-bond acceptors (Lipinski definition) is 4. The van der Waals surface area contributed by atoms with Crippen LogP contribution in [0.25, 0.3) is 0 Å². The van der Waals surface area contributed by atoms with Crippen LogP contribution < -0.4 is 5.32 Å². The van der Waals surface area contributed by atoms with Crippen molar-refractivity contribution in [2.45, 2.75) is 18.6 Å². The lowest BCUT2D eigenvalue weighted by Gasteiger charge is -2.02. The number of carbonyl (C=O) groups excluding carboxylic acids is 2. The van der Waals surface area contributed by atoms with Crippen LogP contribution in [0.3, 0.4) is 0 Å². The van der Waals surface area contributed by atoms with Gasteiger partial charge in [0.15, 0.2) is 5.17 Å². The summed E-state index contributed by atoms with van der Waals surface area (Å²) < 4.78 is 0. The van der Waals surface area contributed by atoms with Gasteiger partial charge in [-0.15, -0.1) is 0 Å². The number of carboxylic acids is 1. The molecule has 1 atom stereocenters. The topological polar surface area (TPSA) is 95.8 Å². The number of nitrogens with one attached hydrogen (secondary N) is 1. The number of hydrogen-bond donors (Lipinski definition) is 2. The first kappa shape index (κ1) is 10.7. The molecule has 76 valence electrons. The molecule has 1 unspecified atom stereocenters. The molecule has 0 saturated heterocycles.